The van der Waals surface area contributed by atoms with Crippen molar-refractivity contribution >= 4 is 52.5 Å². The lowest BCUT2D eigenvalue weighted by molar-refractivity contribution is 0.0410. The molecule has 3 aromatic rings. The third-order valence-corrected chi connectivity index (χ3v) is 5.99. The lowest BCUT2D eigenvalue weighted by atomic mass is 10.1. The van der Waals surface area contributed by atoms with Crippen molar-refractivity contribution in [2.24, 2.45) is 0 Å². The molecule has 2 aromatic carbocycles. The number of morpholine rings is 1. The number of benzene rings is 2. The summed E-state index contributed by atoms with van der Waals surface area (Å²) in [5.74, 6) is 1.02. The number of rotatable bonds is 6. The predicted octanol–water partition coefficient (Wildman–Crippen LogP) is 4.95. The third kappa shape index (κ3) is 6.99. The summed E-state index contributed by atoms with van der Waals surface area (Å²) >= 11 is 5.30. The van der Waals surface area contributed by atoms with E-state index in [1.54, 1.807) is 11.8 Å². The molecule has 1 saturated heterocycles. The van der Waals surface area contributed by atoms with E-state index in [0.29, 0.717) is 0 Å². The van der Waals surface area contributed by atoms with Gasteiger partial charge in [0.2, 0.25) is 0 Å². The molecule has 0 radical (unpaired) electrons. The van der Waals surface area contributed by atoms with Crippen LogP contribution in [-0.4, -0.2) is 58.9 Å². The number of aromatic nitrogens is 2. The predicted molar refractivity (Wildman–Crippen MR) is 133 cm³/mol. The van der Waals surface area contributed by atoms with E-state index >= 15 is 0 Å². The molecule has 1 aliphatic rings. The van der Waals surface area contributed by atoms with Crippen LogP contribution in [0.5, 0.6) is 0 Å². The minimum atomic E-state index is 0. The Hall–Kier alpha value is -1.06. The van der Waals surface area contributed by atoms with Gasteiger partial charge in [0.1, 0.15) is 0 Å². The summed E-state index contributed by atoms with van der Waals surface area (Å²) in [5.41, 5.74) is 4.35. The van der Waals surface area contributed by atoms with Gasteiger partial charge in [0.05, 0.1) is 24.6 Å². The maximum atomic E-state index is 5.42. The Kier molecular flexibility index (Phi) is 12.0. The van der Waals surface area contributed by atoms with E-state index in [2.05, 4.69) is 74.3 Å². The van der Waals surface area contributed by atoms with E-state index in [4.69, 9.17) is 9.72 Å². The monoisotopic (exact) mass is 533 g/mol. The SMILES string of the molecule is Brc1ccc(-c2[nH]c(SCCN3CCOCC3)nc2-c2ccccc2)cc1.Cl.Cl.O. The number of hydrogen-bond acceptors (Lipinski definition) is 4. The van der Waals surface area contributed by atoms with Crippen molar-refractivity contribution in [3.8, 4) is 22.5 Å². The molecule has 1 fully saturated rings. The van der Waals surface area contributed by atoms with Crippen LogP contribution in [0.1, 0.15) is 0 Å². The molecule has 5 nitrogen and oxygen atoms in total. The molecular weight excluding hydrogens is 509 g/mol. The lowest BCUT2D eigenvalue weighted by Crippen LogP contribution is -2.37. The Labute approximate surface area is 202 Å². The number of imidazole rings is 1. The largest absolute Gasteiger partial charge is 0.412 e. The minimum absolute atomic E-state index is 0. The standard InChI is InChI=1S/C21H22BrN3OS.2ClH.H2O/c22-18-8-6-17(7-9-18)20-19(16-4-2-1-3-5-16)23-21(24-20)27-15-12-25-10-13-26-14-11-25;;;/h1-9H,10-15H2,(H,23,24);2*1H;1H2. The Balaban J connectivity index is 0.00000150. The summed E-state index contributed by atoms with van der Waals surface area (Å²) in [6, 6.07) is 18.7. The zero-order valence-electron chi connectivity index (χ0n) is 16.3. The highest BCUT2D eigenvalue weighted by Gasteiger charge is 2.15. The topological polar surface area (TPSA) is 72.7 Å². The maximum absolute atomic E-state index is 5.42. The maximum Gasteiger partial charge on any atom is 0.166 e. The first-order chi connectivity index (χ1) is 13.3. The second kappa shape index (κ2) is 13.4. The third-order valence-electron chi connectivity index (χ3n) is 4.61. The zero-order valence-corrected chi connectivity index (χ0v) is 20.4. The van der Waals surface area contributed by atoms with Crippen LogP contribution in [0, 0.1) is 0 Å². The highest BCUT2D eigenvalue weighted by atomic mass is 79.9. The first kappa shape index (κ1) is 27.0. The van der Waals surface area contributed by atoms with E-state index < -0.39 is 0 Å². The van der Waals surface area contributed by atoms with Gasteiger partial charge in [-0.1, -0.05) is 70.2 Å². The number of aromatic amines is 1. The van der Waals surface area contributed by atoms with Crippen molar-refractivity contribution in [3.05, 3.63) is 59.1 Å². The van der Waals surface area contributed by atoms with Crippen LogP contribution in [0.4, 0.5) is 0 Å². The molecule has 3 N–H and O–H groups in total. The molecule has 9 heteroatoms. The first-order valence-electron chi connectivity index (χ1n) is 9.14. The Morgan fingerprint density at radius 3 is 2.30 bits per heavy atom. The Morgan fingerprint density at radius 2 is 1.63 bits per heavy atom. The summed E-state index contributed by atoms with van der Waals surface area (Å²) in [4.78, 5) is 10.9. The van der Waals surface area contributed by atoms with Crippen molar-refractivity contribution < 1.29 is 10.2 Å². The number of hydrogen-bond donors (Lipinski definition) is 1. The summed E-state index contributed by atoms with van der Waals surface area (Å²) in [5, 5.41) is 0.972. The van der Waals surface area contributed by atoms with E-state index in [-0.39, 0.29) is 30.3 Å². The number of halogens is 3. The molecule has 2 heterocycles. The average Bonchev–Trinajstić information content (AvgIpc) is 3.14. The second-order valence-electron chi connectivity index (χ2n) is 6.44. The number of H-pyrrole nitrogens is 1. The Bertz CT molecular complexity index is 876. The highest BCUT2D eigenvalue weighted by molar-refractivity contribution is 9.10. The van der Waals surface area contributed by atoms with Crippen molar-refractivity contribution in [2.45, 2.75) is 5.16 Å². The fourth-order valence-corrected chi connectivity index (χ4v) is 4.28. The van der Waals surface area contributed by atoms with Crippen LogP contribution < -0.4 is 0 Å². The molecule has 0 spiro atoms. The first-order valence-corrected chi connectivity index (χ1v) is 10.9. The van der Waals surface area contributed by atoms with Crippen LogP contribution in [0.2, 0.25) is 0 Å². The summed E-state index contributed by atoms with van der Waals surface area (Å²) in [6.07, 6.45) is 0. The van der Waals surface area contributed by atoms with Crippen molar-refractivity contribution in [3.63, 3.8) is 0 Å². The van der Waals surface area contributed by atoms with Crippen molar-refractivity contribution in [1.29, 1.82) is 0 Å². The normalized spacial score (nSPS) is 13.6. The molecule has 0 saturated carbocycles. The molecule has 0 amide bonds. The summed E-state index contributed by atoms with van der Waals surface area (Å²) in [6.45, 7) is 4.80. The molecule has 0 atom stereocenters. The summed E-state index contributed by atoms with van der Waals surface area (Å²) < 4.78 is 6.50. The molecular formula is C21H26BrCl2N3O2S. The van der Waals surface area contributed by atoms with Crippen molar-refractivity contribution in [1.82, 2.24) is 14.9 Å². The van der Waals surface area contributed by atoms with Crippen LogP contribution in [0.15, 0.2) is 64.2 Å². The van der Waals surface area contributed by atoms with Gasteiger partial charge >= 0.3 is 0 Å². The number of thioether (sulfide) groups is 1. The summed E-state index contributed by atoms with van der Waals surface area (Å²) in [7, 11) is 0. The van der Waals surface area contributed by atoms with Gasteiger partial charge in [-0.15, -0.1) is 24.8 Å². The molecule has 0 unspecified atom stereocenters. The van der Waals surface area contributed by atoms with E-state index in [9.17, 15) is 0 Å². The van der Waals surface area contributed by atoms with E-state index in [1.165, 1.54) is 0 Å². The van der Waals surface area contributed by atoms with Gasteiger partial charge in [-0.25, -0.2) is 4.98 Å². The molecule has 1 aliphatic heterocycles. The van der Waals surface area contributed by atoms with E-state index in [1.807, 2.05) is 6.07 Å². The van der Waals surface area contributed by atoms with Crippen LogP contribution in [-0.2, 0) is 4.74 Å². The number of ether oxygens (including phenoxy) is 1. The van der Waals surface area contributed by atoms with Crippen LogP contribution in [0.25, 0.3) is 22.5 Å². The molecule has 30 heavy (non-hydrogen) atoms. The van der Waals surface area contributed by atoms with Gasteiger partial charge in [0, 0.05) is 41.0 Å². The van der Waals surface area contributed by atoms with Gasteiger partial charge < -0.3 is 15.2 Å². The zero-order chi connectivity index (χ0) is 18.5. The molecule has 4 rings (SSSR count). The van der Waals surface area contributed by atoms with Crippen LogP contribution >= 0.6 is 52.5 Å². The van der Waals surface area contributed by atoms with Crippen LogP contribution in [0.3, 0.4) is 0 Å². The quantitative estimate of drug-likeness (QED) is 0.454. The molecule has 0 bridgehead atoms. The molecule has 0 aliphatic carbocycles. The van der Waals surface area contributed by atoms with Gasteiger partial charge in [0.25, 0.3) is 0 Å². The second-order valence-corrected chi connectivity index (χ2v) is 8.44. The lowest BCUT2D eigenvalue weighted by Gasteiger charge is -2.26. The van der Waals surface area contributed by atoms with Crippen molar-refractivity contribution in [2.75, 3.05) is 38.6 Å². The van der Waals surface area contributed by atoms with E-state index in [0.717, 1.165) is 70.7 Å². The van der Waals surface area contributed by atoms with Gasteiger partial charge in [-0.05, 0) is 12.1 Å². The van der Waals surface area contributed by atoms with Gasteiger partial charge in [0.15, 0.2) is 5.16 Å². The van der Waals surface area contributed by atoms with Gasteiger partial charge in [-0.3, -0.25) is 4.90 Å². The fraction of sp³-hybridized carbons (Fsp3) is 0.286. The Morgan fingerprint density at radius 1 is 0.967 bits per heavy atom. The number of nitrogens with one attached hydrogen (secondary N) is 1. The highest BCUT2D eigenvalue weighted by Crippen LogP contribution is 2.33. The van der Waals surface area contributed by atoms with Gasteiger partial charge in [-0.2, -0.15) is 0 Å². The average molecular weight is 535 g/mol. The number of nitrogens with zero attached hydrogens (tertiary/aromatic N) is 2. The minimum Gasteiger partial charge on any atom is -0.412 e. The smallest absolute Gasteiger partial charge is 0.166 e. The molecule has 164 valence electrons. The molecule has 1 aromatic heterocycles. The fourth-order valence-electron chi connectivity index (χ4n) is 3.15.